The highest BCUT2D eigenvalue weighted by molar-refractivity contribution is 5.76. The molecule has 0 saturated carbocycles. The van der Waals surface area contributed by atoms with Crippen molar-refractivity contribution in [3.8, 4) is 0 Å². The van der Waals surface area contributed by atoms with E-state index >= 15 is 0 Å². The zero-order valence-electron chi connectivity index (χ0n) is 36.3. The Kier molecular flexibility index (Phi) is 35.3. The molecule has 1 aliphatic rings. The molecule has 1 rings (SSSR count). The van der Waals surface area contributed by atoms with Gasteiger partial charge >= 0.3 is 0 Å². The number of aliphatic hydroxyl groups excluding tert-OH is 6. The van der Waals surface area contributed by atoms with Gasteiger partial charge in [-0.3, -0.25) is 4.79 Å². The highest BCUT2D eigenvalue weighted by Crippen LogP contribution is 2.23. The molecule has 0 radical (unpaired) electrons. The van der Waals surface area contributed by atoms with Crippen LogP contribution in [-0.2, 0) is 14.3 Å². The minimum atomic E-state index is -1.60. The highest BCUT2D eigenvalue weighted by Gasteiger charge is 2.44. The Morgan fingerprint density at radius 1 is 0.554 bits per heavy atom. The first-order chi connectivity index (χ1) is 27.3. The number of hydrogen-bond acceptors (Lipinski definition) is 9. The third kappa shape index (κ3) is 27.0. The van der Waals surface area contributed by atoms with Crippen molar-refractivity contribution in [2.45, 2.75) is 275 Å². The SMILES string of the molecule is CCCCCCCCCCCCCCCCCCCCCC(=O)N[C@@H](CO[C@H]1O[C@H](CO)[C@H](O)[C@H](O)[C@H]1O)[C@@H](O)[C@H](O)CCCCCCCCCCCCCC. The first-order valence-corrected chi connectivity index (χ1v) is 23.8. The first kappa shape index (κ1) is 53.2. The molecule has 0 unspecified atom stereocenters. The summed E-state index contributed by atoms with van der Waals surface area (Å²) >= 11 is 0. The van der Waals surface area contributed by atoms with E-state index in [-0.39, 0.29) is 18.9 Å². The van der Waals surface area contributed by atoms with Crippen molar-refractivity contribution in [1.82, 2.24) is 5.32 Å². The maximum atomic E-state index is 13.0. The van der Waals surface area contributed by atoms with Gasteiger partial charge in [0.2, 0.25) is 5.91 Å². The Morgan fingerprint density at radius 3 is 1.32 bits per heavy atom. The number of carbonyl (C=O) groups is 1. The molecule has 0 aromatic rings. The Morgan fingerprint density at radius 2 is 0.929 bits per heavy atom. The molecule has 0 aromatic heterocycles. The fraction of sp³-hybridized carbons (Fsp3) is 0.978. The summed E-state index contributed by atoms with van der Waals surface area (Å²) < 4.78 is 11.2. The normalized spacial score (nSPS) is 21.6. The van der Waals surface area contributed by atoms with Crippen molar-refractivity contribution in [3.63, 3.8) is 0 Å². The molecule has 1 fully saturated rings. The van der Waals surface area contributed by atoms with Gasteiger partial charge in [-0.15, -0.1) is 0 Å². The van der Waals surface area contributed by atoms with E-state index in [0.29, 0.717) is 6.42 Å². The highest BCUT2D eigenvalue weighted by atomic mass is 16.7. The lowest BCUT2D eigenvalue weighted by molar-refractivity contribution is -0.303. The second-order valence-corrected chi connectivity index (χ2v) is 17.1. The second kappa shape index (κ2) is 37.2. The molecule has 0 aromatic carbocycles. The molecular formula is C46H91NO9. The summed E-state index contributed by atoms with van der Waals surface area (Å²) in [6, 6.07) is -0.984. The van der Waals surface area contributed by atoms with Crippen LogP contribution >= 0.6 is 0 Å². The molecule has 7 N–H and O–H groups in total. The van der Waals surface area contributed by atoms with Gasteiger partial charge in [0.1, 0.15) is 30.5 Å². The third-order valence-corrected chi connectivity index (χ3v) is 11.8. The molecule has 1 saturated heterocycles. The zero-order chi connectivity index (χ0) is 41.1. The lowest BCUT2D eigenvalue weighted by Crippen LogP contribution is -2.60. The lowest BCUT2D eigenvalue weighted by atomic mass is 9.98. The molecular weight excluding hydrogens is 711 g/mol. The van der Waals surface area contributed by atoms with Gasteiger partial charge in [0, 0.05) is 6.42 Å². The smallest absolute Gasteiger partial charge is 0.220 e. The molecule has 56 heavy (non-hydrogen) atoms. The summed E-state index contributed by atoms with van der Waals surface area (Å²) in [6.45, 7) is 3.62. The van der Waals surface area contributed by atoms with Crippen molar-refractivity contribution in [2.75, 3.05) is 13.2 Å². The fourth-order valence-corrected chi connectivity index (χ4v) is 7.91. The molecule has 0 aliphatic carbocycles. The number of carbonyl (C=O) groups excluding carboxylic acids is 1. The largest absolute Gasteiger partial charge is 0.394 e. The number of nitrogens with one attached hydrogen (secondary N) is 1. The van der Waals surface area contributed by atoms with Gasteiger partial charge < -0.3 is 45.4 Å². The van der Waals surface area contributed by atoms with Gasteiger partial charge in [-0.2, -0.15) is 0 Å². The predicted octanol–water partition coefficient (Wildman–Crippen LogP) is 8.92. The summed E-state index contributed by atoms with van der Waals surface area (Å²) in [5.74, 6) is -0.254. The van der Waals surface area contributed by atoms with E-state index in [1.165, 1.54) is 161 Å². The van der Waals surface area contributed by atoms with Crippen LogP contribution in [0.25, 0.3) is 0 Å². The van der Waals surface area contributed by atoms with Crippen LogP contribution in [0.5, 0.6) is 0 Å². The molecule has 0 bridgehead atoms. The summed E-state index contributed by atoms with van der Waals surface area (Å²) in [7, 11) is 0. The van der Waals surface area contributed by atoms with Gasteiger partial charge in [-0.05, 0) is 12.8 Å². The summed E-state index contributed by atoms with van der Waals surface area (Å²) in [5.41, 5.74) is 0. The Hall–Kier alpha value is -0.850. The van der Waals surface area contributed by atoms with Gasteiger partial charge in [-0.25, -0.2) is 0 Å². The van der Waals surface area contributed by atoms with Crippen LogP contribution in [0, 0.1) is 0 Å². The van der Waals surface area contributed by atoms with Gasteiger partial charge in [0.15, 0.2) is 6.29 Å². The van der Waals surface area contributed by atoms with E-state index in [2.05, 4.69) is 19.2 Å². The zero-order valence-corrected chi connectivity index (χ0v) is 36.3. The van der Waals surface area contributed by atoms with Crippen LogP contribution in [0.4, 0.5) is 0 Å². The van der Waals surface area contributed by atoms with Gasteiger partial charge in [0.25, 0.3) is 0 Å². The first-order valence-electron chi connectivity index (χ1n) is 23.8. The standard InChI is InChI=1S/C46H91NO9/c1-3-5-7-9-11-13-15-17-18-19-20-21-22-23-25-27-29-31-33-35-41(50)47-38(37-55-46-45(54)44(53)43(52)40(36-48)56-46)42(51)39(49)34-32-30-28-26-24-16-14-12-10-8-6-4-2/h38-40,42-46,48-49,51-54H,3-37H2,1-2H3,(H,47,50)/t38-,39+,40+,42+,43-,44-,45+,46-/m0/s1. The minimum Gasteiger partial charge on any atom is -0.394 e. The number of amides is 1. The number of ether oxygens (including phenoxy) is 2. The van der Waals surface area contributed by atoms with Crippen LogP contribution in [0.3, 0.4) is 0 Å². The number of aliphatic hydroxyl groups is 6. The van der Waals surface area contributed by atoms with E-state index in [0.717, 1.165) is 38.5 Å². The fourth-order valence-electron chi connectivity index (χ4n) is 7.91. The Labute approximate surface area is 343 Å². The quantitative estimate of drug-likeness (QED) is 0.0299. The summed E-state index contributed by atoms with van der Waals surface area (Å²) in [5, 5.41) is 65.1. The average molecular weight is 802 g/mol. The number of hydrogen-bond donors (Lipinski definition) is 7. The molecule has 0 spiro atoms. The molecule has 1 heterocycles. The summed E-state index contributed by atoms with van der Waals surface area (Å²) in [4.78, 5) is 13.0. The third-order valence-electron chi connectivity index (χ3n) is 11.8. The van der Waals surface area contributed by atoms with Gasteiger partial charge in [0.05, 0.1) is 25.4 Å². The molecule has 10 heteroatoms. The van der Waals surface area contributed by atoms with Crippen LogP contribution in [0.2, 0.25) is 0 Å². The molecule has 1 aliphatic heterocycles. The molecule has 334 valence electrons. The number of rotatable bonds is 40. The monoisotopic (exact) mass is 802 g/mol. The van der Waals surface area contributed by atoms with Crippen molar-refractivity contribution < 1.29 is 44.9 Å². The molecule has 10 nitrogen and oxygen atoms in total. The topological polar surface area (TPSA) is 169 Å². The molecule has 1 amide bonds. The van der Waals surface area contributed by atoms with Crippen LogP contribution in [0.1, 0.15) is 226 Å². The van der Waals surface area contributed by atoms with E-state index in [1.807, 2.05) is 0 Å². The lowest BCUT2D eigenvalue weighted by Gasteiger charge is -2.40. The van der Waals surface area contributed by atoms with Crippen molar-refractivity contribution in [2.24, 2.45) is 0 Å². The minimum absolute atomic E-state index is 0.254. The summed E-state index contributed by atoms with van der Waals surface area (Å²) in [6.07, 6.45) is 29.7. The van der Waals surface area contributed by atoms with Crippen molar-refractivity contribution in [3.05, 3.63) is 0 Å². The average Bonchev–Trinajstić information content (AvgIpc) is 3.20. The van der Waals surface area contributed by atoms with Crippen molar-refractivity contribution in [1.29, 1.82) is 0 Å². The molecule has 8 atom stereocenters. The maximum Gasteiger partial charge on any atom is 0.220 e. The Balaban J connectivity index is 2.34. The van der Waals surface area contributed by atoms with E-state index in [1.54, 1.807) is 0 Å². The van der Waals surface area contributed by atoms with Crippen LogP contribution in [0.15, 0.2) is 0 Å². The van der Waals surface area contributed by atoms with Gasteiger partial charge in [-0.1, -0.05) is 206 Å². The van der Waals surface area contributed by atoms with Crippen LogP contribution < -0.4 is 5.32 Å². The van der Waals surface area contributed by atoms with E-state index in [4.69, 9.17) is 9.47 Å². The number of unbranched alkanes of at least 4 members (excludes halogenated alkanes) is 29. The second-order valence-electron chi connectivity index (χ2n) is 17.1. The Bertz CT molecular complexity index is 864. The van der Waals surface area contributed by atoms with Crippen molar-refractivity contribution >= 4 is 5.91 Å². The van der Waals surface area contributed by atoms with E-state index < -0.39 is 55.6 Å². The maximum absolute atomic E-state index is 13.0. The van der Waals surface area contributed by atoms with E-state index in [9.17, 15) is 35.4 Å². The van der Waals surface area contributed by atoms with Crippen LogP contribution in [-0.4, -0.2) is 98.7 Å². The predicted molar refractivity (Wildman–Crippen MR) is 227 cm³/mol.